The van der Waals surface area contributed by atoms with Crippen molar-refractivity contribution < 1.29 is 15.1 Å². The van der Waals surface area contributed by atoms with E-state index >= 15 is 0 Å². The summed E-state index contributed by atoms with van der Waals surface area (Å²) in [6, 6.07) is 27.3. The third-order valence-electron chi connectivity index (χ3n) is 12.4. The van der Waals surface area contributed by atoms with E-state index in [0.29, 0.717) is 0 Å². The average molecular weight is 857 g/mol. The van der Waals surface area contributed by atoms with Crippen molar-refractivity contribution in [1.82, 2.24) is 15.0 Å². The number of aryl methyl sites for hydroxylation is 12. The van der Waals surface area contributed by atoms with Gasteiger partial charge in [-0.15, -0.1) is 11.0 Å². The minimum absolute atomic E-state index is 0.909. The molecule has 3 nitrogen and oxygen atoms in total. The third-order valence-corrected chi connectivity index (χ3v) is 12.4. The van der Waals surface area contributed by atoms with E-state index in [2.05, 4.69) is 205 Å². The molecule has 6 bridgehead atoms. The summed E-state index contributed by atoms with van der Waals surface area (Å²) >= 11 is 2.41. The monoisotopic (exact) mass is 856 g/mol. The second-order valence-electron chi connectivity index (χ2n) is 17.4. The molecule has 0 saturated heterocycles. The van der Waals surface area contributed by atoms with E-state index in [1.807, 2.05) is 0 Å². The van der Waals surface area contributed by atoms with Crippen LogP contribution in [-0.4, -0.2) is 9.97 Å². The van der Waals surface area contributed by atoms with Crippen molar-refractivity contribution in [3.8, 4) is 44.5 Å². The molecule has 1 aromatic heterocycles. The second kappa shape index (κ2) is 16.4. The van der Waals surface area contributed by atoms with Crippen LogP contribution in [0.2, 0.25) is 0 Å². The summed E-state index contributed by atoms with van der Waals surface area (Å²) in [4.78, 5) is 16.9. The molecule has 0 atom stereocenters. The fourth-order valence-corrected chi connectivity index (χ4v) is 10.5. The Kier molecular flexibility index (Phi) is 11.3. The molecule has 61 heavy (non-hydrogen) atoms. The Bertz CT molecular complexity index is 2930. The molecule has 0 amide bonds. The van der Waals surface area contributed by atoms with Crippen LogP contribution in [-0.2, 0) is 15.1 Å². The molecule has 0 unspecified atom stereocenters. The zero-order valence-corrected chi connectivity index (χ0v) is 39.3. The van der Waals surface area contributed by atoms with Gasteiger partial charge in [0, 0.05) is 11.1 Å². The molecule has 4 aromatic carbocycles. The fraction of sp³-hybridized carbons (Fsp3) is 0.214. The van der Waals surface area contributed by atoms with E-state index < -0.39 is 0 Å². The Morgan fingerprint density at radius 3 is 0.803 bits per heavy atom. The molecule has 0 N–H and O–H groups in total. The van der Waals surface area contributed by atoms with Gasteiger partial charge in [-0.05, 0) is 196 Å². The standard InChI is InChI=1S/C56H52N3.ClH.Mn/c1-29-21-33(5)49(34(6)22-29)53-41-13-14-42(41)54(50-35(7)23-30(2)24-36(50)8)44-16-18-46(58-44)56(52-39(11)27-32(4)28-40(52)12)48-20-19-47(59-48)55(45-17-15-43(53)57-45)51-37(9)25-31(3)26-38(51)10;;/h13-28H,1-12H3;1H;/q-1;;+2/p-1. The Balaban J connectivity index is 0.00000253. The normalized spacial score (nSPS) is 12.0. The molecule has 5 heteroatoms. The van der Waals surface area contributed by atoms with Gasteiger partial charge < -0.3 is 4.98 Å². The summed E-state index contributed by atoms with van der Waals surface area (Å²) in [5.74, 6) is 0. The third kappa shape index (κ3) is 7.39. The molecule has 4 aliphatic rings. The minimum atomic E-state index is 0.909. The van der Waals surface area contributed by atoms with Gasteiger partial charge >= 0.3 is 25.2 Å². The van der Waals surface area contributed by atoms with E-state index in [9.17, 15) is 0 Å². The van der Waals surface area contributed by atoms with Crippen molar-refractivity contribution in [3.05, 3.63) is 173 Å². The molecule has 4 heterocycles. The molecule has 1 aliphatic carbocycles. The van der Waals surface area contributed by atoms with Crippen LogP contribution in [0.4, 0.5) is 0 Å². The van der Waals surface area contributed by atoms with Gasteiger partial charge in [-0.2, -0.15) is 0 Å². The summed E-state index contributed by atoms with van der Waals surface area (Å²) < 4.78 is 0. The van der Waals surface area contributed by atoms with Gasteiger partial charge in [0.05, 0.1) is 22.8 Å². The van der Waals surface area contributed by atoms with Crippen LogP contribution in [0, 0.1) is 93.5 Å². The number of nitrogens with zero attached hydrogens (tertiary/aromatic N) is 3. The second-order valence-corrected chi connectivity index (χ2v) is 17.4. The zero-order chi connectivity index (χ0) is 43.6. The summed E-state index contributed by atoms with van der Waals surface area (Å²) in [6.07, 6.45) is 8.89. The summed E-state index contributed by atoms with van der Waals surface area (Å²) in [6.45, 7) is 26.6. The average Bonchev–Trinajstić information content (AvgIpc) is 3.95. The number of hydrogen-bond donors (Lipinski definition) is 0. The summed E-state index contributed by atoms with van der Waals surface area (Å²) in [5.41, 5.74) is 29.6. The number of rotatable bonds is 4. The summed E-state index contributed by atoms with van der Waals surface area (Å²) in [7, 11) is 4.45. The quantitative estimate of drug-likeness (QED) is 0.166. The number of hydrogen-bond acceptors (Lipinski definition) is 2. The zero-order valence-electron chi connectivity index (χ0n) is 37.3. The first-order valence-corrected chi connectivity index (χ1v) is 22.6. The first-order chi connectivity index (χ1) is 29.2. The van der Waals surface area contributed by atoms with Gasteiger partial charge in [0.15, 0.2) is 0 Å². The number of benzene rings is 4. The predicted octanol–water partition coefficient (Wildman–Crippen LogP) is 15.0. The number of halogens is 1. The molecule has 3 aliphatic heterocycles. The Morgan fingerprint density at radius 1 is 0.328 bits per heavy atom. The first-order valence-electron chi connectivity index (χ1n) is 21.0. The fourth-order valence-electron chi connectivity index (χ4n) is 10.5. The van der Waals surface area contributed by atoms with Gasteiger partial charge in [-0.25, -0.2) is 9.97 Å². The van der Waals surface area contributed by atoms with E-state index in [-0.39, 0.29) is 0 Å². The predicted molar refractivity (Wildman–Crippen MR) is 257 cm³/mol. The van der Waals surface area contributed by atoms with Crippen LogP contribution in [0.5, 0.6) is 0 Å². The van der Waals surface area contributed by atoms with Crippen molar-refractivity contribution in [2.75, 3.05) is 0 Å². The summed E-state index contributed by atoms with van der Waals surface area (Å²) in [5, 5.41) is 2.37. The molecule has 5 aromatic rings. The Morgan fingerprint density at radius 2 is 0.557 bits per heavy atom. The topological polar surface area (TPSA) is 39.9 Å². The molecular weight excluding hydrogens is 805 g/mol. The van der Waals surface area contributed by atoms with Gasteiger partial charge in [-0.3, -0.25) is 0 Å². The van der Waals surface area contributed by atoms with Crippen LogP contribution < -0.4 is 4.98 Å². The molecule has 305 valence electrons. The van der Waals surface area contributed by atoms with Crippen molar-refractivity contribution in [3.63, 3.8) is 0 Å². The molecule has 9 rings (SSSR count). The maximum atomic E-state index is 5.66. The molecular formula is C56H52ClMnN3. The van der Waals surface area contributed by atoms with Gasteiger partial charge in [-0.1, -0.05) is 95.1 Å². The maximum absolute atomic E-state index is 5.66. The molecule has 0 radical (unpaired) electrons. The van der Waals surface area contributed by atoms with Crippen LogP contribution in [0.3, 0.4) is 0 Å². The van der Waals surface area contributed by atoms with E-state index in [0.717, 1.165) is 56.1 Å². The Hall–Kier alpha value is -5.51. The van der Waals surface area contributed by atoms with Crippen LogP contribution in [0.25, 0.3) is 79.8 Å². The first kappa shape index (κ1) is 42.2. The van der Waals surface area contributed by atoms with Crippen LogP contribution in [0.1, 0.15) is 89.5 Å². The van der Waals surface area contributed by atoms with Gasteiger partial charge in [0.2, 0.25) is 0 Å². The van der Waals surface area contributed by atoms with Crippen LogP contribution in [0.15, 0.2) is 72.8 Å². The van der Waals surface area contributed by atoms with Crippen LogP contribution >= 0.6 is 10.1 Å². The van der Waals surface area contributed by atoms with Crippen molar-refractivity contribution in [2.24, 2.45) is 0 Å². The number of aromatic nitrogens is 3. The van der Waals surface area contributed by atoms with E-state index in [1.54, 1.807) is 0 Å². The Labute approximate surface area is 373 Å². The number of fused-ring (bicyclic) bond motifs is 6. The molecule has 0 spiro atoms. The van der Waals surface area contributed by atoms with Gasteiger partial charge in [0.25, 0.3) is 0 Å². The van der Waals surface area contributed by atoms with E-state index in [1.165, 1.54) is 99.5 Å². The molecule has 0 fully saturated rings. The van der Waals surface area contributed by atoms with Crippen molar-refractivity contribution >= 4 is 45.4 Å². The van der Waals surface area contributed by atoms with E-state index in [4.69, 9.17) is 15.0 Å². The SMILES string of the molecule is Cc1cc(C)c(-c2c3nc(c(-c4c(C)cc(C)cc4C)c4ccc([n-]4)c(-c4c(C)cc(C)cc4C)c4nc(c(-c5c(C)cc(C)cc5C)c5ccc2=5)C=C4)C=C3)c(C)c1.[Cl][Mn+]. The van der Waals surface area contributed by atoms with Gasteiger partial charge in [0.1, 0.15) is 0 Å². The molecule has 0 saturated carbocycles. The van der Waals surface area contributed by atoms with Crippen molar-refractivity contribution in [2.45, 2.75) is 83.1 Å². The van der Waals surface area contributed by atoms with Crippen molar-refractivity contribution in [1.29, 1.82) is 0 Å².